The van der Waals surface area contributed by atoms with Crippen molar-refractivity contribution in [1.29, 1.82) is 0 Å². The van der Waals surface area contributed by atoms with Gasteiger partial charge >= 0.3 is 0 Å². The summed E-state index contributed by atoms with van der Waals surface area (Å²) in [5.74, 6) is 1.72. The van der Waals surface area contributed by atoms with Gasteiger partial charge in [0.15, 0.2) is 5.82 Å². The molecule has 1 N–H and O–H groups in total. The van der Waals surface area contributed by atoms with E-state index in [1.165, 1.54) is 22.4 Å². The van der Waals surface area contributed by atoms with E-state index in [-0.39, 0.29) is 12.2 Å². The second-order valence-corrected chi connectivity index (χ2v) is 12.9. The molecule has 0 radical (unpaired) electrons. The lowest BCUT2D eigenvalue weighted by atomic mass is 9.94. The third-order valence-electron chi connectivity index (χ3n) is 9.07. The highest BCUT2D eigenvalue weighted by Gasteiger charge is 2.54. The van der Waals surface area contributed by atoms with Gasteiger partial charge in [-0.1, -0.05) is 91.0 Å². The topological polar surface area (TPSA) is 66.8 Å². The molecule has 0 saturated carbocycles. The number of nitrogens with one attached hydrogen (secondary N) is 1. The number of carbonyl (C=O) groups excluding carboxylic acids is 1. The number of hydrazone groups is 2. The number of aryl methyl sites for hydroxylation is 1. The molecule has 3 aromatic carbocycles. The molecule has 218 valence electrons. The maximum atomic E-state index is 14.4. The molecular weight excluding hydrogens is 567 g/mol. The maximum absolute atomic E-state index is 14.4. The van der Waals surface area contributed by atoms with Crippen LogP contribution in [0, 0.1) is 0 Å². The smallest absolute Gasteiger partial charge is 0.264 e. The fourth-order valence-electron chi connectivity index (χ4n) is 6.96. The first-order valence-corrected chi connectivity index (χ1v) is 16.2. The van der Waals surface area contributed by atoms with Crippen LogP contribution >= 0.6 is 11.3 Å². The molecule has 0 saturated heterocycles. The number of rotatable bonds is 6. The van der Waals surface area contributed by atoms with Gasteiger partial charge in [0.1, 0.15) is 5.00 Å². The molecule has 5 aliphatic rings. The van der Waals surface area contributed by atoms with Crippen molar-refractivity contribution in [2.45, 2.75) is 51.5 Å². The number of guanidine groups is 1. The number of hydrogen-bond donors (Lipinski definition) is 1. The van der Waals surface area contributed by atoms with E-state index in [0.717, 1.165) is 58.2 Å². The van der Waals surface area contributed by atoms with Crippen molar-refractivity contribution in [3.63, 3.8) is 0 Å². The number of thiophene rings is 1. The van der Waals surface area contributed by atoms with Gasteiger partial charge in [-0.15, -0.1) is 16.4 Å². The maximum Gasteiger partial charge on any atom is 0.264 e. The molecule has 4 aromatic rings. The molecular formula is C35H31N7OS. The summed E-state index contributed by atoms with van der Waals surface area (Å²) < 4.78 is 0. The van der Waals surface area contributed by atoms with Crippen molar-refractivity contribution in [1.82, 2.24) is 20.2 Å². The molecule has 1 unspecified atom stereocenters. The average molecular weight is 598 g/mol. The Kier molecular flexibility index (Phi) is 5.95. The SMILES string of the molecule is O=C1c2c(sc3c2CCCC3)N2C(=NN3C2=C2CC(c4ccccc4)=NN2C3NCc2ccccc2)N1Cc1ccccc1. The second kappa shape index (κ2) is 10.2. The Morgan fingerprint density at radius 1 is 0.818 bits per heavy atom. The molecule has 0 fully saturated rings. The zero-order chi connectivity index (χ0) is 29.2. The van der Waals surface area contributed by atoms with Gasteiger partial charge in [-0.2, -0.15) is 5.10 Å². The third-order valence-corrected chi connectivity index (χ3v) is 10.3. The van der Waals surface area contributed by atoms with E-state index in [0.29, 0.717) is 25.5 Å². The molecule has 1 amide bonds. The Labute approximate surface area is 260 Å². The number of carbonyl (C=O) groups is 1. The molecule has 4 aliphatic heterocycles. The summed E-state index contributed by atoms with van der Waals surface area (Å²) in [6, 6.07) is 31.1. The first kappa shape index (κ1) is 25.7. The van der Waals surface area contributed by atoms with E-state index in [2.05, 4.69) is 80.9 Å². The Morgan fingerprint density at radius 3 is 2.30 bits per heavy atom. The van der Waals surface area contributed by atoms with E-state index < -0.39 is 0 Å². The predicted octanol–water partition coefficient (Wildman–Crippen LogP) is 6.04. The molecule has 0 spiro atoms. The zero-order valence-corrected chi connectivity index (χ0v) is 25.0. The Balaban J connectivity index is 1.18. The normalized spacial score (nSPS) is 19.9. The van der Waals surface area contributed by atoms with Crippen LogP contribution in [0.3, 0.4) is 0 Å². The van der Waals surface area contributed by atoms with Gasteiger partial charge in [-0.25, -0.2) is 10.0 Å². The lowest BCUT2D eigenvalue weighted by molar-refractivity contribution is 0.0829. The predicted molar refractivity (Wildman–Crippen MR) is 173 cm³/mol. The Morgan fingerprint density at radius 2 is 1.52 bits per heavy atom. The number of allylic oxidation sites excluding steroid dienone is 1. The largest absolute Gasteiger partial charge is 0.273 e. The first-order valence-electron chi connectivity index (χ1n) is 15.4. The van der Waals surface area contributed by atoms with Crippen molar-refractivity contribution in [2.75, 3.05) is 4.90 Å². The molecule has 9 rings (SSSR count). The van der Waals surface area contributed by atoms with E-state index >= 15 is 0 Å². The molecule has 44 heavy (non-hydrogen) atoms. The molecule has 1 aromatic heterocycles. The van der Waals surface area contributed by atoms with Crippen LogP contribution in [0.5, 0.6) is 0 Å². The summed E-state index contributed by atoms with van der Waals surface area (Å²) in [4.78, 5) is 19.9. The molecule has 8 nitrogen and oxygen atoms in total. The lowest BCUT2D eigenvalue weighted by Crippen LogP contribution is -2.49. The molecule has 0 bridgehead atoms. The van der Waals surface area contributed by atoms with Crippen LogP contribution in [0.15, 0.2) is 113 Å². The highest BCUT2D eigenvalue weighted by Crippen LogP contribution is 2.51. The van der Waals surface area contributed by atoms with Crippen LogP contribution in [0.25, 0.3) is 0 Å². The van der Waals surface area contributed by atoms with Gasteiger partial charge in [0.05, 0.1) is 23.5 Å². The zero-order valence-electron chi connectivity index (χ0n) is 24.2. The number of fused-ring (bicyclic) bond motifs is 8. The van der Waals surface area contributed by atoms with Crippen LogP contribution in [-0.2, 0) is 25.9 Å². The van der Waals surface area contributed by atoms with E-state index in [4.69, 9.17) is 10.2 Å². The molecule has 5 heterocycles. The average Bonchev–Trinajstić information content (AvgIpc) is 3.83. The summed E-state index contributed by atoms with van der Waals surface area (Å²) >= 11 is 1.78. The van der Waals surface area contributed by atoms with Gasteiger partial charge in [0.2, 0.25) is 12.2 Å². The monoisotopic (exact) mass is 597 g/mol. The van der Waals surface area contributed by atoms with Crippen molar-refractivity contribution in [3.05, 3.63) is 135 Å². The first-order chi connectivity index (χ1) is 21.7. The fraction of sp³-hybridized carbons (Fsp3) is 0.229. The summed E-state index contributed by atoms with van der Waals surface area (Å²) in [5.41, 5.74) is 7.62. The fourth-order valence-corrected chi connectivity index (χ4v) is 8.34. The van der Waals surface area contributed by atoms with Crippen LogP contribution in [-0.4, -0.2) is 38.8 Å². The number of amides is 1. The van der Waals surface area contributed by atoms with Gasteiger partial charge in [0.25, 0.3) is 5.91 Å². The Bertz CT molecular complexity index is 1860. The number of anilines is 1. The minimum Gasteiger partial charge on any atom is -0.273 e. The van der Waals surface area contributed by atoms with E-state index in [1.54, 1.807) is 11.3 Å². The van der Waals surface area contributed by atoms with Gasteiger partial charge in [-0.3, -0.25) is 19.9 Å². The highest BCUT2D eigenvalue weighted by molar-refractivity contribution is 7.17. The van der Waals surface area contributed by atoms with Crippen LogP contribution in [0.4, 0.5) is 5.00 Å². The quantitative estimate of drug-likeness (QED) is 0.294. The summed E-state index contributed by atoms with van der Waals surface area (Å²) in [6.45, 7) is 1.12. The van der Waals surface area contributed by atoms with Crippen molar-refractivity contribution in [3.8, 4) is 0 Å². The van der Waals surface area contributed by atoms with Crippen LogP contribution < -0.4 is 10.2 Å². The second-order valence-electron chi connectivity index (χ2n) is 11.8. The van der Waals surface area contributed by atoms with E-state index in [1.807, 2.05) is 35.2 Å². The van der Waals surface area contributed by atoms with Crippen LogP contribution in [0.2, 0.25) is 0 Å². The van der Waals surface area contributed by atoms with Gasteiger partial charge in [0, 0.05) is 17.8 Å². The van der Waals surface area contributed by atoms with Gasteiger partial charge in [-0.05, 0) is 47.9 Å². The number of nitrogens with zero attached hydrogens (tertiary/aromatic N) is 6. The molecule has 9 heteroatoms. The minimum absolute atomic E-state index is 0.0586. The number of benzene rings is 3. The van der Waals surface area contributed by atoms with Crippen molar-refractivity contribution in [2.24, 2.45) is 10.2 Å². The number of hydrogen-bond acceptors (Lipinski definition) is 8. The highest BCUT2D eigenvalue weighted by atomic mass is 32.1. The Hall–Kier alpha value is -4.73. The minimum atomic E-state index is -0.328. The van der Waals surface area contributed by atoms with Crippen LogP contribution in [0.1, 0.15) is 56.8 Å². The lowest BCUT2D eigenvalue weighted by Gasteiger charge is -2.34. The molecule has 1 atom stereocenters. The third kappa shape index (κ3) is 3.96. The van der Waals surface area contributed by atoms with E-state index in [9.17, 15) is 4.79 Å². The molecule has 1 aliphatic carbocycles. The summed E-state index contributed by atoms with van der Waals surface area (Å²) in [5, 5.41) is 19.3. The van der Waals surface area contributed by atoms with Crippen molar-refractivity contribution >= 4 is 33.9 Å². The summed E-state index contributed by atoms with van der Waals surface area (Å²) in [6.07, 6.45) is 4.64. The standard InChI is InChI=1S/C35H31N7OS/c43-32-30-26-18-10-11-19-29(26)44-33(30)40-31-28-20-27(25-16-8-3-9-17-25)37-41(28)34(36-21-23-12-4-1-5-13-23)42(31)38-35(40)39(32)22-24-14-6-2-7-15-24/h1-9,12-17,34,36H,10-11,18-22H2. The van der Waals surface area contributed by atoms with Crippen molar-refractivity contribution < 1.29 is 4.79 Å². The summed E-state index contributed by atoms with van der Waals surface area (Å²) in [7, 11) is 0. The van der Waals surface area contributed by atoms with Gasteiger partial charge < -0.3 is 0 Å².